The van der Waals surface area contributed by atoms with E-state index in [0.29, 0.717) is 12.0 Å². The zero-order valence-electron chi connectivity index (χ0n) is 12.6. The van der Waals surface area contributed by atoms with Gasteiger partial charge in [-0.05, 0) is 48.9 Å². The first-order valence-corrected chi connectivity index (χ1v) is 7.59. The Hall–Kier alpha value is -2.09. The summed E-state index contributed by atoms with van der Waals surface area (Å²) in [7, 11) is 1.91. The fourth-order valence-electron chi connectivity index (χ4n) is 2.72. The molecular weight excluding hydrogens is 258 g/mol. The van der Waals surface area contributed by atoms with Crippen LogP contribution < -0.4 is 0 Å². The first-order chi connectivity index (χ1) is 10.2. The summed E-state index contributed by atoms with van der Waals surface area (Å²) >= 11 is 0. The van der Waals surface area contributed by atoms with Gasteiger partial charge in [0.1, 0.15) is 0 Å². The van der Waals surface area contributed by atoms with E-state index in [-0.39, 0.29) is 5.91 Å². The number of carbonyl (C=O) groups is 1. The third-order valence-electron chi connectivity index (χ3n) is 4.47. The van der Waals surface area contributed by atoms with Crippen molar-refractivity contribution in [3.8, 4) is 11.1 Å². The van der Waals surface area contributed by atoms with Crippen LogP contribution in [0.1, 0.15) is 30.1 Å². The smallest absolute Gasteiger partial charge is 0.253 e. The van der Waals surface area contributed by atoms with Gasteiger partial charge in [0.15, 0.2) is 0 Å². The van der Waals surface area contributed by atoms with Crippen molar-refractivity contribution >= 4 is 5.91 Å². The fraction of sp³-hybridized carbons (Fsp3) is 0.316. The van der Waals surface area contributed by atoms with Crippen LogP contribution in [-0.4, -0.2) is 23.9 Å². The van der Waals surface area contributed by atoms with Gasteiger partial charge in [0.25, 0.3) is 5.91 Å². The van der Waals surface area contributed by atoms with Crippen molar-refractivity contribution in [3.63, 3.8) is 0 Å². The Morgan fingerprint density at radius 2 is 1.57 bits per heavy atom. The van der Waals surface area contributed by atoms with Crippen molar-refractivity contribution < 1.29 is 4.79 Å². The zero-order valence-corrected chi connectivity index (χ0v) is 12.6. The van der Waals surface area contributed by atoms with Crippen molar-refractivity contribution in [3.05, 3.63) is 60.2 Å². The second-order valence-corrected chi connectivity index (χ2v) is 5.94. The molecule has 0 heterocycles. The van der Waals surface area contributed by atoms with E-state index in [4.69, 9.17) is 0 Å². The summed E-state index contributed by atoms with van der Waals surface area (Å²) in [6, 6.07) is 18.5. The van der Waals surface area contributed by atoms with Gasteiger partial charge >= 0.3 is 0 Å². The number of hydrogen-bond donors (Lipinski definition) is 0. The second-order valence-electron chi connectivity index (χ2n) is 5.94. The van der Waals surface area contributed by atoms with Crippen LogP contribution in [0.25, 0.3) is 11.1 Å². The molecule has 1 unspecified atom stereocenters. The van der Waals surface area contributed by atoms with E-state index < -0.39 is 0 Å². The molecule has 108 valence electrons. The molecule has 0 N–H and O–H groups in total. The first-order valence-electron chi connectivity index (χ1n) is 7.59. The van der Waals surface area contributed by atoms with Gasteiger partial charge in [-0.3, -0.25) is 4.79 Å². The summed E-state index contributed by atoms with van der Waals surface area (Å²) in [5.41, 5.74) is 3.09. The molecule has 3 rings (SSSR count). The first kappa shape index (κ1) is 13.9. The highest BCUT2D eigenvalue weighted by atomic mass is 16.2. The minimum atomic E-state index is 0.119. The summed E-state index contributed by atoms with van der Waals surface area (Å²) in [4.78, 5) is 14.4. The average molecular weight is 279 g/mol. The van der Waals surface area contributed by atoms with Crippen LogP contribution >= 0.6 is 0 Å². The molecule has 1 atom stereocenters. The maximum atomic E-state index is 12.5. The number of carbonyl (C=O) groups excluding carboxylic acids is 1. The Morgan fingerprint density at radius 3 is 2.14 bits per heavy atom. The van der Waals surface area contributed by atoms with Gasteiger partial charge in [-0.2, -0.15) is 0 Å². The Bertz CT molecular complexity index is 614. The lowest BCUT2D eigenvalue weighted by Gasteiger charge is -2.25. The summed E-state index contributed by atoms with van der Waals surface area (Å²) < 4.78 is 0. The summed E-state index contributed by atoms with van der Waals surface area (Å²) in [5, 5.41) is 0. The maximum Gasteiger partial charge on any atom is 0.253 e. The van der Waals surface area contributed by atoms with Crippen LogP contribution in [0.15, 0.2) is 54.6 Å². The minimum absolute atomic E-state index is 0.119. The zero-order chi connectivity index (χ0) is 14.8. The molecular formula is C19H21NO. The molecule has 0 radical (unpaired) electrons. The molecule has 0 saturated heterocycles. The molecule has 0 aliphatic heterocycles. The Kier molecular flexibility index (Phi) is 3.78. The lowest BCUT2D eigenvalue weighted by Crippen LogP contribution is -2.36. The molecule has 0 aromatic heterocycles. The van der Waals surface area contributed by atoms with Gasteiger partial charge in [0.05, 0.1) is 0 Å². The summed E-state index contributed by atoms with van der Waals surface area (Å²) in [6.45, 7) is 2.15. The van der Waals surface area contributed by atoms with Gasteiger partial charge in [-0.15, -0.1) is 0 Å². The quantitative estimate of drug-likeness (QED) is 0.820. The predicted octanol–water partition coefficient (Wildman–Crippen LogP) is 4.22. The second kappa shape index (κ2) is 5.72. The molecule has 1 amide bonds. The third-order valence-corrected chi connectivity index (χ3v) is 4.47. The normalized spacial score (nSPS) is 15.5. The van der Waals surface area contributed by atoms with Crippen LogP contribution in [0.3, 0.4) is 0 Å². The molecule has 2 aromatic rings. The number of amides is 1. The third kappa shape index (κ3) is 2.99. The van der Waals surface area contributed by atoms with E-state index in [0.717, 1.165) is 11.1 Å². The monoisotopic (exact) mass is 279 g/mol. The van der Waals surface area contributed by atoms with Crippen LogP contribution in [0, 0.1) is 5.92 Å². The van der Waals surface area contributed by atoms with E-state index in [1.165, 1.54) is 18.4 Å². The summed E-state index contributed by atoms with van der Waals surface area (Å²) in [5.74, 6) is 0.816. The lowest BCUT2D eigenvalue weighted by molar-refractivity contribution is 0.0727. The van der Waals surface area contributed by atoms with E-state index in [2.05, 4.69) is 19.1 Å². The van der Waals surface area contributed by atoms with Crippen molar-refractivity contribution in [2.75, 3.05) is 7.05 Å². The van der Waals surface area contributed by atoms with Gasteiger partial charge in [-0.1, -0.05) is 42.5 Å². The van der Waals surface area contributed by atoms with Crippen LogP contribution in [0.2, 0.25) is 0 Å². The SMILES string of the molecule is CC(C1CC1)N(C)C(=O)c1ccc(-c2ccccc2)cc1. The highest BCUT2D eigenvalue weighted by molar-refractivity contribution is 5.94. The van der Waals surface area contributed by atoms with E-state index >= 15 is 0 Å². The maximum absolute atomic E-state index is 12.5. The highest BCUT2D eigenvalue weighted by Crippen LogP contribution is 2.35. The van der Waals surface area contributed by atoms with Gasteiger partial charge < -0.3 is 4.90 Å². The number of nitrogens with zero attached hydrogens (tertiary/aromatic N) is 1. The van der Waals surface area contributed by atoms with Crippen molar-refractivity contribution in [1.82, 2.24) is 4.90 Å². The van der Waals surface area contributed by atoms with Crippen molar-refractivity contribution in [2.45, 2.75) is 25.8 Å². The van der Waals surface area contributed by atoms with E-state index in [1.54, 1.807) is 0 Å². The standard InChI is InChI=1S/C19H21NO/c1-14(15-8-9-15)20(2)19(21)18-12-10-17(11-13-18)16-6-4-3-5-7-16/h3-7,10-15H,8-9H2,1-2H3. The van der Waals surface area contributed by atoms with Crippen molar-refractivity contribution in [2.24, 2.45) is 5.92 Å². The Labute approximate surface area is 126 Å². The molecule has 2 heteroatoms. The van der Waals surface area contributed by atoms with E-state index in [9.17, 15) is 4.79 Å². The lowest BCUT2D eigenvalue weighted by atomic mass is 10.0. The molecule has 2 nitrogen and oxygen atoms in total. The molecule has 21 heavy (non-hydrogen) atoms. The van der Waals surface area contributed by atoms with Gasteiger partial charge in [-0.25, -0.2) is 0 Å². The van der Waals surface area contributed by atoms with Crippen molar-refractivity contribution in [1.29, 1.82) is 0 Å². The number of rotatable bonds is 4. The summed E-state index contributed by atoms with van der Waals surface area (Å²) in [6.07, 6.45) is 2.51. The number of hydrogen-bond acceptors (Lipinski definition) is 1. The molecule has 0 spiro atoms. The average Bonchev–Trinajstić information content (AvgIpc) is 3.39. The Morgan fingerprint density at radius 1 is 1.00 bits per heavy atom. The van der Waals surface area contributed by atoms with Crippen LogP contribution in [0.5, 0.6) is 0 Å². The topological polar surface area (TPSA) is 20.3 Å². The Balaban J connectivity index is 1.76. The predicted molar refractivity (Wildman–Crippen MR) is 86.2 cm³/mol. The molecule has 0 bridgehead atoms. The van der Waals surface area contributed by atoms with Gasteiger partial charge in [0, 0.05) is 18.7 Å². The van der Waals surface area contributed by atoms with E-state index in [1.807, 2.05) is 54.4 Å². The fourth-order valence-corrected chi connectivity index (χ4v) is 2.72. The van der Waals surface area contributed by atoms with Crippen LogP contribution in [0.4, 0.5) is 0 Å². The van der Waals surface area contributed by atoms with Gasteiger partial charge in [0.2, 0.25) is 0 Å². The largest absolute Gasteiger partial charge is 0.339 e. The minimum Gasteiger partial charge on any atom is -0.339 e. The number of benzene rings is 2. The molecule has 1 aliphatic rings. The molecule has 1 saturated carbocycles. The molecule has 2 aromatic carbocycles. The highest BCUT2D eigenvalue weighted by Gasteiger charge is 2.32. The van der Waals surface area contributed by atoms with Crippen LogP contribution in [-0.2, 0) is 0 Å². The molecule has 1 fully saturated rings. The molecule has 1 aliphatic carbocycles.